The van der Waals surface area contributed by atoms with Gasteiger partial charge in [0.1, 0.15) is 0 Å². The highest BCUT2D eigenvalue weighted by Gasteiger charge is 2.21. The first-order valence-electron chi connectivity index (χ1n) is 7.23. The quantitative estimate of drug-likeness (QED) is 0.756. The van der Waals surface area contributed by atoms with E-state index < -0.39 is 0 Å². The fourth-order valence-corrected chi connectivity index (χ4v) is 2.24. The SMILES string of the molecule is CNCC(CNCC(C)(C)c1cccnc1)C(C)C. The lowest BCUT2D eigenvalue weighted by Gasteiger charge is -2.28. The van der Waals surface area contributed by atoms with Crippen LogP contribution in [0.2, 0.25) is 0 Å². The summed E-state index contributed by atoms with van der Waals surface area (Å²) in [5.41, 5.74) is 1.41. The van der Waals surface area contributed by atoms with Crippen molar-refractivity contribution in [3.63, 3.8) is 0 Å². The molecule has 3 heteroatoms. The third kappa shape index (κ3) is 5.29. The summed E-state index contributed by atoms with van der Waals surface area (Å²) in [5, 5.41) is 6.90. The Morgan fingerprint density at radius 1 is 1.26 bits per heavy atom. The van der Waals surface area contributed by atoms with Crippen LogP contribution in [0.1, 0.15) is 33.3 Å². The van der Waals surface area contributed by atoms with Crippen molar-refractivity contribution in [3.05, 3.63) is 30.1 Å². The predicted octanol–water partition coefficient (Wildman–Crippen LogP) is 2.44. The average molecular weight is 263 g/mol. The van der Waals surface area contributed by atoms with Gasteiger partial charge in [-0.3, -0.25) is 4.98 Å². The van der Waals surface area contributed by atoms with Gasteiger partial charge in [0, 0.05) is 24.4 Å². The van der Waals surface area contributed by atoms with Crippen molar-refractivity contribution in [1.82, 2.24) is 15.6 Å². The van der Waals surface area contributed by atoms with Gasteiger partial charge >= 0.3 is 0 Å². The zero-order chi connectivity index (χ0) is 14.3. The molecular weight excluding hydrogens is 234 g/mol. The van der Waals surface area contributed by atoms with Crippen LogP contribution in [0.3, 0.4) is 0 Å². The number of nitrogens with zero attached hydrogens (tertiary/aromatic N) is 1. The van der Waals surface area contributed by atoms with E-state index in [4.69, 9.17) is 0 Å². The molecule has 1 heterocycles. The molecule has 0 aliphatic carbocycles. The molecule has 0 saturated heterocycles. The van der Waals surface area contributed by atoms with E-state index in [1.54, 1.807) is 0 Å². The van der Waals surface area contributed by atoms with E-state index in [2.05, 4.69) is 49.4 Å². The number of aromatic nitrogens is 1. The Hall–Kier alpha value is -0.930. The van der Waals surface area contributed by atoms with Crippen LogP contribution in [0, 0.1) is 11.8 Å². The maximum absolute atomic E-state index is 4.21. The number of nitrogens with one attached hydrogen (secondary N) is 2. The molecule has 2 N–H and O–H groups in total. The molecule has 1 unspecified atom stereocenters. The highest BCUT2D eigenvalue weighted by molar-refractivity contribution is 5.19. The normalized spacial score (nSPS) is 13.8. The van der Waals surface area contributed by atoms with Gasteiger partial charge in [-0.1, -0.05) is 33.8 Å². The molecule has 108 valence electrons. The molecule has 0 saturated carbocycles. The zero-order valence-electron chi connectivity index (χ0n) is 13.0. The molecule has 0 aliphatic heterocycles. The van der Waals surface area contributed by atoms with Crippen LogP contribution in [-0.4, -0.2) is 31.7 Å². The lowest BCUT2D eigenvalue weighted by molar-refractivity contribution is 0.337. The number of hydrogen-bond acceptors (Lipinski definition) is 3. The second-order valence-electron chi connectivity index (χ2n) is 6.32. The molecule has 0 bridgehead atoms. The zero-order valence-corrected chi connectivity index (χ0v) is 13.0. The second-order valence-corrected chi connectivity index (χ2v) is 6.32. The molecule has 1 aromatic rings. The fourth-order valence-electron chi connectivity index (χ4n) is 2.24. The minimum absolute atomic E-state index is 0.120. The van der Waals surface area contributed by atoms with Gasteiger partial charge in [0.05, 0.1) is 0 Å². The summed E-state index contributed by atoms with van der Waals surface area (Å²) in [5.74, 6) is 1.37. The molecule has 0 aromatic carbocycles. The van der Waals surface area contributed by atoms with E-state index in [-0.39, 0.29) is 5.41 Å². The Morgan fingerprint density at radius 3 is 2.53 bits per heavy atom. The predicted molar refractivity (Wildman–Crippen MR) is 82.4 cm³/mol. The van der Waals surface area contributed by atoms with E-state index >= 15 is 0 Å². The number of rotatable bonds is 8. The minimum Gasteiger partial charge on any atom is -0.319 e. The van der Waals surface area contributed by atoms with Gasteiger partial charge in [-0.15, -0.1) is 0 Å². The molecule has 19 heavy (non-hydrogen) atoms. The Morgan fingerprint density at radius 2 is 2.00 bits per heavy atom. The fraction of sp³-hybridized carbons (Fsp3) is 0.688. The Bertz CT molecular complexity index is 346. The molecule has 0 aliphatic rings. The van der Waals surface area contributed by atoms with Crippen molar-refractivity contribution in [3.8, 4) is 0 Å². The molecule has 1 aromatic heterocycles. The van der Waals surface area contributed by atoms with Crippen molar-refractivity contribution in [2.24, 2.45) is 11.8 Å². The van der Waals surface area contributed by atoms with Crippen molar-refractivity contribution >= 4 is 0 Å². The van der Waals surface area contributed by atoms with Crippen LogP contribution >= 0.6 is 0 Å². The van der Waals surface area contributed by atoms with Crippen LogP contribution in [0.5, 0.6) is 0 Å². The largest absolute Gasteiger partial charge is 0.319 e. The maximum atomic E-state index is 4.21. The summed E-state index contributed by atoms with van der Waals surface area (Å²) in [4.78, 5) is 4.21. The van der Waals surface area contributed by atoms with Gasteiger partial charge < -0.3 is 10.6 Å². The Labute approximate surface area is 118 Å². The van der Waals surface area contributed by atoms with Crippen molar-refractivity contribution < 1.29 is 0 Å². The molecule has 0 amide bonds. The van der Waals surface area contributed by atoms with Gasteiger partial charge in [-0.2, -0.15) is 0 Å². The van der Waals surface area contributed by atoms with E-state index in [0.717, 1.165) is 19.6 Å². The third-order valence-corrected chi connectivity index (χ3v) is 3.83. The topological polar surface area (TPSA) is 37.0 Å². The van der Waals surface area contributed by atoms with Crippen LogP contribution in [0.25, 0.3) is 0 Å². The third-order valence-electron chi connectivity index (χ3n) is 3.83. The first-order chi connectivity index (χ1) is 8.97. The standard InChI is InChI=1S/C16H29N3/c1-13(2)14(9-17-5)10-19-12-16(3,4)15-7-6-8-18-11-15/h6-8,11,13-14,17,19H,9-10,12H2,1-5H3. The number of hydrogen-bond donors (Lipinski definition) is 2. The van der Waals surface area contributed by atoms with Gasteiger partial charge in [-0.05, 0) is 43.6 Å². The van der Waals surface area contributed by atoms with E-state index in [1.165, 1.54) is 5.56 Å². The minimum atomic E-state index is 0.120. The van der Waals surface area contributed by atoms with Crippen molar-refractivity contribution in [1.29, 1.82) is 0 Å². The maximum Gasteiger partial charge on any atom is 0.0305 e. The van der Waals surface area contributed by atoms with E-state index in [1.807, 2.05) is 25.5 Å². The van der Waals surface area contributed by atoms with Crippen LogP contribution in [0.4, 0.5) is 0 Å². The van der Waals surface area contributed by atoms with Crippen LogP contribution in [0.15, 0.2) is 24.5 Å². The van der Waals surface area contributed by atoms with Gasteiger partial charge in [0.2, 0.25) is 0 Å². The molecule has 0 radical (unpaired) electrons. The summed E-state index contributed by atoms with van der Waals surface area (Å²) in [7, 11) is 2.02. The highest BCUT2D eigenvalue weighted by Crippen LogP contribution is 2.21. The first kappa shape index (κ1) is 16.1. The molecule has 3 nitrogen and oxygen atoms in total. The molecule has 1 rings (SSSR count). The summed E-state index contributed by atoms with van der Waals surface area (Å²) >= 11 is 0. The smallest absolute Gasteiger partial charge is 0.0305 e. The van der Waals surface area contributed by atoms with Gasteiger partial charge in [-0.25, -0.2) is 0 Å². The van der Waals surface area contributed by atoms with Crippen LogP contribution in [-0.2, 0) is 5.41 Å². The monoisotopic (exact) mass is 263 g/mol. The molecule has 0 fully saturated rings. The lowest BCUT2D eigenvalue weighted by atomic mass is 9.85. The van der Waals surface area contributed by atoms with Crippen molar-refractivity contribution in [2.45, 2.75) is 33.1 Å². The number of pyridine rings is 1. The van der Waals surface area contributed by atoms with Gasteiger partial charge in [0.25, 0.3) is 0 Å². The summed E-state index contributed by atoms with van der Waals surface area (Å²) in [6, 6.07) is 4.16. The highest BCUT2D eigenvalue weighted by atomic mass is 14.9. The molecule has 1 atom stereocenters. The van der Waals surface area contributed by atoms with Crippen molar-refractivity contribution in [2.75, 3.05) is 26.7 Å². The second kappa shape index (κ2) is 7.61. The summed E-state index contributed by atoms with van der Waals surface area (Å²) < 4.78 is 0. The first-order valence-corrected chi connectivity index (χ1v) is 7.23. The summed E-state index contributed by atoms with van der Waals surface area (Å²) in [6.45, 7) is 12.2. The lowest BCUT2D eigenvalue weighted by Crippen LogP contribution is -2.39. The molecular formula is C16H29N3. The Balaban J connectivity index is 2.47. The summed E-state index contributed by atoms with van der Waals surface area (Å²) in [6.07, 6.45) is 3.80. The average Bonchev–Trinajstić information content (AvgIpc) is 2.38. The van der Waals surface area contributed by atoms with Gasteiger partial charge in [0.15, 0.2) is 0 Å². The molecule has 0 spiro atoms. The van der Waals surface area contributed by atoms with Crippen LogP contribution < -0.4 is 10.6 Å². The van der Waals surface area contributed by atoms with E-state index in [0.29, 0.717) is 11.8 Å². The van der Waals surface area contributed by atoms with E-state index in [9.17, 15) is 0 Å². The Kier molecular flexibility index (Phi) is 6.46.